The Morgan fingerprint density at radius 3 is 2.93 bits per heavy atom. The second-order valence-electron chi connectivity index (χ2n) is 3.89. The van der Waals surface area contributed by atoms with Crippen LogP contribution in [0.3, 0.4) is 0 Å². The molecule has 2 aliphatic heterocycles. The molecule has 1 aromatic rings. The number of fused-ring (bicyclic) bond motifs is 3. The molecule has 2 heterocycles. The van der Waals surface area contributed by atoms with Gasteiger partial charge in [0.15, 0.2) is 0 Å². The van der Waals surface area contributed by atoms with Gasteiger partial charge in [-0.1, -0.05) is 18.2 Å². The van der Waals surface area contributed by atoms with Crippen LogP contribution in [0.4, 0.5) is 10.1 Å². The average Bonchev–Trinajstić information content (AvgIpc) is 2.61. The Hall–Kier alpha value is -1.77. The number of allylic oxidation sites excluding steroid dienone is 1. The summed E-state index contributed by atoms with van der Waals surface area (Å²) >= 11 is 0. The molecule has 0 spiro atoms. The molecule has 0 unspecified atom stereocenters. The highest BCUT2D eigenvalue weighted by molar-refractivity contribution is 5.78. The maximum atomic E-state index is 13.7. The number of nitrogens with zero attached hydrogens (tertiary/aromatic N) is 2. The van der Waals surface area contributed by atoms with Crippen LogP contribution in [-0.4, -0.2) is 18.6 Å². The van der Waals surface area contributed by atoms with Gasteiger partial charge in [-0.05, 0) is 12.1 Å². The van der Waals surface area contributed by atoms with Gasteiger partial charge < -0.3 is 9.80 Å². The predicted octanol–water partition coefficient (Wildman–Crippen LogP) is 2.56. The summed E-state index contributed by atoms with van der Waals surface area (Å²) in [6, 6.07) is 7.86. The van der Waals surface area contributed by atoms with E-state index in [0.29, 0.717) is 12.4 Å². The normalized spacial score (nSPS) is 18.3. The molecule has 0 radical (unpaired) electrons. The summed E-state index contributed by atoms with van der Waals surface area (Å²) in [7, 11) is 1.95. The summed E-state index contributed by atoms with van der Waals surface area (Å²) in [5.74, 6) is -0.155. The van der Waals surface area contributed by atoms with E-state index in [1.807, 2.05) is 47.3 Å². The molecule has 0 fully saturated rings. The number of rotatable bonds is 0. The van der Waals surface area contributed by atoms with Gasteiger partial charge in [0.2, 0.25) is 0 Å². The summed E-state index contributed by atoms with van der Waals surface area (Å²) in [6.07, 6.45) is 3.43. The van der Waals surface area contributed by atoms with Crippen LogP contribution < -0.4 is 4.90 Å². The van der Waals surface area contributed by atoms with Crippen molar-refractivity contribution in [3.05, 3.63) is 47.6 Å². The molecule has 3 heteroatoms. The highest BCUT2D eigenvalue weighted by atomic mass is 19.1. The highest BCUT2D eigenvalue weighted by Gasteiger charge is 2.28. The van der Waals surface area contributed by atoms with Crippen LogP contribution in [0.25, 0.3) is 6.08 Å². The monoisotopic (exact) mass is 202 g/mol. The maximum absolute atomic E-state index is 13.7. The Labute approximate surface area is 87.9 Å². The number of benzene rings is 1. The topological polar surface area (TPSA) is 6.48 Å². The molecule has 15 heavy (non-hydrogen) atoms. The first-order valence-corrected chi connectivity index (χ1v) is 4.92. The fourth-order valence-electron chi connectivity index (χ4n) is 2.08. The first-order chi connectivity index (χ1) is 7.25. The molecular weight excluding hydrogens is 191 g/mol. The van der Waals surface area contributed by atoms with Crippen molar-refractivity contribution in [3.8, 4) is 0 Å². The number of para-hydroxylation sites is 1. The zero-order chi connectivity index (χ0) is 10.4. The first kappa shape index (κ1) is 8.53. The molecule has 0 aromatic heterocycles. The van der Waals surface area contributed by atoms with E-state index in [2.05, 4.69) is 0 Å². The number of hydrogen-bond donors (Lipinski definition) is 0. The smallest absolute Gasteiger partial charge is 0.149 e. The van der Waals surface area contributed by atoms with Crippen molar-refractivity contribution in [1.29, 1.82) is 0 Å². The molecule has 0 N–H and O–H groups in total. The Morgan fingerprint density at radius 1 is 1.27 bits per heavy atom. The van der Waals surface area contributed by atoms with Crippen molar-refractivity contribution in [2.75, 3.05) is 18.6 Å². The van der Waals surface area contributed by atoms with Crippen molar-refractivity contribution in [2.24, 2.45) is 0 Å². The van der Waals surface area contributed by atoms with E-state index in [1.165, 1.54) is 0 Å². The van der Waals surface area contributed by atoms with Crippen molar-refractivity contribution >= 4 is 11.8 Å². The van der Waals surface area contributed by atoms with E-state index in [9.17, 15) is 4.39 Å². The second kappa shape index (κ2) is 2.86. The molecule has 0 bridgehead atoms. The molecule has 0 saturated heterocycles. The zero-order valence-corrected chi connectivity index (χ0v) is 8.44. The van der Waals surface area contributed by atoms with E-state index < -0.39 is 0 Å². The van der Waals surface area contributed by atoms with Crippen molar-refractivity contribution in [1.82, 2.24) is 4.90 Å². The summed E-state index contributed by atoms with van der Waals surface area (Å²) in [4.78, 5) is 3.97. The number of halogens is 1. The van der Waals surface area contributed by atoms with Gasteiger partial charge in [0, 0.05) is 18.8 Å². The lowest BCUT2D eigenvalue weighted by Gasteiger charge is -2.26. The molecule has 2 aliphatic rings. The van der Waals surface area contributed by atoms with Gasteiger partial charge >= 0.3 is 0 Å². The van der Waals surface area contributed by atoms with E-state index in [1.54, 1.807) is 6.08 Å². The minimum Gasteiger partial charge on any atom is -0.361 e. The summed E-state index contributed by atoms with van der Waals surface area (Å²) < 4.78 is 13.7. The Bertz CT molecular complexity index is 476. The molecule has 3 rings (SSSR count). The minimum atomic E-state index is -0.155. The van der Waals surface area contributed by atoms with E-state index in [0.717, 1.165) is 11.3 Å². The zero-order valence-electron chi connectivity index (χ0n) is 8.44. The average molecular weight is 202 g/mol. The van der Waals surface area contributed by atoms with E-state index in [4.69, 9.17) is 0 Å². The Kier molecular flexibility index (Phi) is 1.63. The van der Waals surface area contributed by atoms with Gasteiger partial charge in [0.05, 0.1) is 18.1 Å². The second-order valence-corrected chi connectivity index (χ2v) is 3.89. The van der Waals surface area contributed by atoms with Crippen LogP contribution in [0, 0.1) is 0 Å². The van der Waals surface area contributed by atoms with Crippen LogP contribution in [-0.2, 0) is 0 Å². The summed E-state index contributed by atoms with van der Waals surface area (Å²) in [5, 5.41) is 0. The fraction of sp³-hybridized carbons (Fsp3) is 0.167. The molecule has 2 nitrogen and oxygen atoms in total. The van der Waals surface area contributed by atoms with Crippen LogP contribution in [0.5, 0.6) is 0 Å². The van der Waals surface area contributed by atoms with E-state index >= 15 is 0 Å². The minimum absolute atomic E-state index is 0.155. The fourth-order valence-corrected chi connectivity index (χ4v) is 2.08. The molecule has 0 saturated carbocycles. The number of anilines is 1. The third-order valence-corrected chi connectivity index (χ3v) is 2.75. The standard InChI is InChI=1S/C12H11FN2/c1-14-7-12-10(13)6-9-4-2-3-5-11(9)15(12)8-14/h2-7H,8H2,1H3. The maximum Gasteiger partial charge on any atom is 0.149 e. The molecule has 1 aromatic carbocycles. The predicted molar refractivity (Wildman–Crippen MR) is 58.7 cm³/mol. The molecule has 0 aliphatic carbocycles. The Morgan fingerprint density at radius 2 is 2.07 bits per heavy atom. The quantitative estimate of drug-likeness (QED) is 0.638. The summed E-state index contributed by atoms with van der Waals surface area (Å²) in [6.45, 7) is 0.716. The van der Waals surface area contributed by atoms with Crippen LogP contribution >= 0.6 is 0 Å². The third kappa shape index (κ3) is 1.16. The van der Waals surface area contributed by atoms with Gasteiger partial charge in [0.1, 0.15) is 5.83 Å². The van der Waals surface area contributed by atoms with E-state index in [-0.39, 0.29) is 5.83 Å². The third-order valence-electron chi connectivity index (χ3n) is 2.75. The lowest BCUT2D eigenvalue weighted by Crippen LogP contribution is -2.26. The van der Waals surface area contributed by atoms with Gasteiger partial charge in [-0.15, -0.1) is 0 Å². The van der Waals surface area contributed by atoms with Gasteiger partial charge in [-0.3, -0.25) is 0 Å². The lowest BCUT2D eigenvalue weighted by molar-refractivity contribution is 0.495. The summed E-state index contributed by atoms with van der Waals surface area (Å²) in [5.41, 5.74) is 2.69. The van der Waals surface area contributed by atoms with Crippen LogP contribution in [0.15, 0.2) is 42.0 Å². The van der Waals surface area contributed by atoms with Crippen molar-refractivity contribution < 1.29 is 4.39 Å². The van der Waals surface area contributed by atoms with Gasteiger partial charge in [-0.2, -0.15) is 0 Å². The van der Waals surface area contributed by atoms with Crippen LogP contribution in [0.1, 0.15) is 5.56 Å². The highest BCUT2D eigenvalue weighted by Crippen LogP contribution is 2.37. The first-order valence-electron chi connectivity index (χ1n) is 4.92. The lowest BCUT2D eigenvalue weighted by atomic mass is 10.1. The van der Waals surface area contributed by atoms with Crippen molar-refractivity contribution in [3.63, 3.8) is 0 Å². The largest absolute Gasteiger partial charge is 0.361 e. The Balaban J connectivity index is 2.19. The van der Waals surface area contributed by atoms with Gasteiger partial charge in [0.25, 0.3) is 0 Å². The van der Waals surface area contributed by atoms with Crippen LogP contribution in [0.2, 0.25) is 0 Å². The molecule has 0 atom stereocenters. The van der Waals surface area contributed by atoms with Crippen molar-refractivity contribution in [2.45, 2.75) is 0 Å². The molecular formula is C12H11FN2. The SMILES string of the molecule is CN1C=C2C(F)=Cc3ccccc3N2C1. The molecule has 76 valence electrons. The van der Waals surface area contributed by atoms with Gasteiger partial charge in [-0.25, -0.2) is 4.39 Å². The number of hydrogen-bond acceptors (Lipinski definition) is 2. The molecule has 0 amide bonds.